The number of nitrogens with one attached hydrogen (secondary N) is 2. The number of hydrogen-bond acceptors (Lipinski definition) is 5. The average molecular weight is 450 g/mol. The first-order chi connectivity index (χ1) is 15.7. The molecule has 2 N–H and O–H groups in total. The van der Waals surface area contributed by atoms with Gasteiger partial charge in [0.25, 0.3) is 0 Å². The number of rotatable bonds is 4. The van der Waals surface area contributed by atoms with Crippen molar-refractivity contribution < 1.29 is 9.59 Å². The zero-order valence-corrected chi connectivity index (χ0v) is 18.7. The van der Waals surface area contributed by atoms with Crippen molar-refractivity contribution >= 4 is 50.0 Å². The molecule has 0 saturated carbocycles. The lowest BCUT2D eigenvalue weighted by atomic mass is 9.97. The van der Waals surface area contributed by atoms with Crippen LogP contribution in [0.2, 0.25) is 0 Å². The van der Waals surface area contributed by atoms with Crippen molar-refractivity contribution in [2.24, 2.45) is 5.92 Å². The van der Waals surface area contributed by atoms with Crippen LogP contribution in [0.3, 0.4) is 0 Å². The second-order valence-electron chi connectivity index (χ2n) is 8.44. The van der Waals surface area contributed by atoms with Gasteiger partial charge in [0.1, 0.15) is 0 Å². The van der Waals surface area contributed by atoms with E-state index in [9.17, 15) is 9.59 Å². The van der Waals surface area contributed by atoms with E-state index in [1.54, 1.807) is 16.2 Å². The quantitative estimate of drug-likeness (QED) is 0.601. The maximum Gasteiger partial charge on any atom is 0.321 e. The van der Waals surface area contributed by atoms with Crippen LogP contribution in [0.15, 0.2) is 48.5 Å². The normalized spacial score (nSPS) is 18.7. The molecule has 2 aromatic carbocycles. The second kappa shape index (κ2) is 9.16. The molecule has 32 heavy (non-hydrogen) atoms. The molecule has 2 saturated heterocycles. The lowest BCUT2D eigenvalue weighted by molar-refractivity contribution is -0.121. The number of para-hydroxylation sites is 1. The highest BCUT2D eigenvalue weighted by atomic mass is 32.1. The largest absolute Gasteiger partial charge is 0.348 e. The van der Waals surface area contributed by atoms with Crippen LogP contribution in [-0.4, -0.2) is 48.0 Å². The van der Waals surface area contributed by atoms with Gasteiger partial charge in [-0.25, -0.2) is 9.78 Å². The molecular formula is C24H27N5O2S. The number of amides is 3. The van der Waals surface area contributed by atoms with Crippen molar-refractivity contribution in [3.63, 3.8) is 0 Å². The van der Waals surface area contributed by atoms with Gasteiger partial charge in [-0.2, -0.15) is 0 Å². The standard InChI is InChI=1S/C24H27N5O2S/c30-22(17-7-6-14-29(16-17)23(31)26-18-8-2-1-3-9-18)25-19-10-11-20-21(15-19)32-24(27-20)28-12-4-5-13-28/h1-3,8-11,15,17H,4-7,12-14,16H2,(H,25,30)(H,26,31)/t17-/m1/s1. The molecule has 7 nitrogen and oxygen atoms in total. The third-order valence-corrected chi connectivity index (χ3v) is 7.20. The predicted molar refractivity (Wildman–Crippen MR) is 129 cm³/mol. The summed E-state index contributed by atoms with van der Waals surface area (Å²) in [6, 6.07) is 15.1. The number of urea groups is 1. The number of benzene rings is 2. The molecule has 3 amide bonds. The van der Waals surface area contributed by atoms with E-state index in [2.05, 4.69) is 15.5 Å². The third kappa shape index (κ3) is 4.55. The van der Waals surface area contributed by atoms with Gasteiger partial charge < -0.3 is 20.4 Å². The summed E-state index contributed by atoms with van der Waals surface area (Å²) in [6.45, 7) is 3.22. The van der Waals surface area contributed by atoms with Gasteiger partial charge in [0.15, 0.2) is 5.13 Å². The van der Waals surface area contributed by atoms with Gasteiger partial charge in [-0.1, -0.05) is 29.5 Å². The Morgan fingerprint density at radius 1 is 0.938 bits per heavy atom. The second-order valence-corrected chi connectivity index (χ2v) is 9.45. The number of aromatic nitrogens is 1. The van der Waals surface area contributed by atoms with Crippen LogP contribution in [-0.2, 0) is 4.79 Å². The van der Waals surface area contributed by atoms with Crippen molar-refractivity contribution in [3.8, 4) is 0 Å². The number of hydrogen-bond donors (Lipinski definition) is 2. The first-order valence-electron chi connectivity index (χ1n) is 11.2. The lowest BCUT2D eigenvalue weighted by Crippen LogP contribution is -2.45. The van der Waals surface area contributed by atoms with Crippen LogP contribution in [0.5, 0.6) is 0 Å². The summed E-state index contributed by atoms with van der Waals surface area (Å²) < 4.78 is 1.08. The fourth-order valence-electron chi connectivity index (χ4n) is 4.38. The Kier molecular flexibility index (Phi) is 5.94. The van der Waals surface area contributed by atoms with E-state index in [1.807, 2.05) is 48.5 Å². The zero-order chi connectivity index (χ0) is 21.9. The summed E-state index contributed by atoms with van der Waals surface area (Å²) in [5, 5.41) is 7.04. The van der Waals surface area contributed by atoms with E-state index in [0.29, 0.717) is 13.1 Å². The highest BCUT2D eigenvalue weighted by molar-refractivity contribution is 7.22. The lowest BCUT2D eigenvalue weighted by Gasteiger charge is -2.32. The fourth-order valence-corrected chi connectivity index (χ4v) is 5.43. The molecule has 2 aliphatic heterocycles. The minimum Gasteiger partial charge on any atom is -0.348 e. The fraction of sp³-hybridized carbons (Fsp3) is 0.375. The minimum atomic E-state index is -0.220. The molecule has 166 valence electrons. The number of fused-ring (bicyclic) bond motifs is 1. The maximum absolute atomic E-state index is 13.0. The summed E-state index contributed by atoms with van der Waals surface area (Å²) >= 11 is 1.68. The Balaban J connectivity index is 1.22. The summed E-state index contributed by atoms with van der Waals surface area (Å²) in [6.07, 6.45) is 4.04. The Morgan fingerprint density at radius 2 is 1.75 bits per heavy atom. The van der Waals surface area contributed by atoms with E-state index >= 15 is 0 Å². The molecule has 0 unspecified atom stereocenters. The molecule has 0 radical (unpaired) electrons. The van der Waals surface area contributed by atoms with Crippen molar-refractivity contribution in [1.29, 1.82) is 0 Å². The zero-order valence-electron chi connectivity index (χ0n) is 17.9. The van der Waals surface area contributed by atoms with E-state index in [1.165, 1.54) is 12.8 Å². The number of piperidine rings is 1. The molecule has 0 bridgehead atoms. The molecule has 8 heteroatoms. The Morgan fingerprint density at radius 3 is 2.56 bits per heavy atom. The first-order valence-corrected chi connectivity index (χ1v) is 12.0. The summed E-state index contributed by atoms with van der Waals surface area (Å²) in [4.78, 5) is 34.4. The van der Waals surface area contributed by atoms with Crippen LogP contribution in [0.25, 0.3) is 10.2 Å². The Hall–Kier alpha value is -3.13. The van der Waals surface area contributed by atoms with Crippen LogP contribution >= 0.6 is 11.3 Å². The SMILES string of the molecule is O=C(Nc1ccc2nc(N3CCCC3)sc2c1)[C@@H]1CCCN(C(=O)Nc2ccccc2)C1. The van der Waals surface area contributed by atoms with Crippen molar-refractivity contribution in [3.05, 3.63) is 48.5 Å². The molecule has 2 fully saturated rings. The molecule has 3 heterocycles. The molecular weight excluding hydrogens is 422 g/mol. The smallest absolute Gasteiger partial charge is 0.321 e. The monoisotopic (exact) mass is 449 g/mol. The number of carbonyl (C=O) groups is 2. The molecule has 1 aromatic heterocycles. The van der Waals surface area contributed by atoms with Crippen LogP contribution in [0, 0.1) is 5.92 Å². The van der Waals surface area contributed by atoms with Crippen molar-refractivity contribution in [2.75, 3.05) is 41.7 Å². The molecule has 3 aromatic rings. The number of nitrogens with zero attached hydrogens (tertiary/aromatic N) is 3. The number of anilines is 3. The van der Waals surface area contributed by atoms with Gasteiger partial charge in [0.2, 0.25) is 5.91 Å². The van der Waals surface area contributed by atoms with Crippen LogP contribution in [0.1, 0.15) is 25.7 Å². The van der Waals surface area contributed by atoms with E-state index in [-0.39, 0.29) is 17.9 Å². The van der Waals surface area contributed by atoms with Crippen molar-refractivity contribution in [2.45, 2.75) is 25.7 Å². The Bertz CT molecular complexity index is 1110. The summed E-state index contributed by atoms with van der Waals surface area (Å²) in [5.74, 6) is -0.256. The number of carbonyl (C=O) groups excluding carboxylic acids is 2. The molecule has 1 atom stereocenters. The molecule has 0 spiro atoms. The van der Waals surface area contributed by atoms with Gasteiger partial charge in [-0.3, -0.25) is 4.79 Å². The first kappa shape index (κ1) is 20.8. The van der Waals surface area contributed by atoms with Gasteiger partial charge in [0, 0.05) is 37.6 Å². The van der Waals surface area contributed by atoms with E-state index in [0.717, 1.165) is 52.7 Å². The van der Waals surface area contributed by atoms with Crippen LogP contribution < -0.4 is 15.5 Å². The minimum absolute atomic E-state index is 0.0363. The highest BCUT2D eigenvalue weighted by Gasteiger charge is 2.28. The predicted octanol–water partition coefficient (Wildman–Crippen LogP) is 4.78. The van der Waals surface area contributed by atoms with Gasteiger partial charge in [-0.05, 0) is 56.0 Å². The van der Waals surface area contributed by atoms with E-state index < -0.39 is 0 Å². The van der Waals surface area contributed by atoms with E-state index in [4.69, 9.17) is 4.98 Å². The molecule has 5 rings (SSSR count). The summed E-state index contributed by atoms with van der Waals surface area (Å²) in [5.41, 5.74) is 2.51. The highest BCUT2D eigenvalue weighted by Crippen LogP contribution is 2.32. The summed E-state index contributed by atoms with van der Waals surface area (Å²) in [7, 11) is 0. The molecule has 0 aliphatic carbocycles. The average Bonchev–Trinajstić information content (AvgIpc) is 3.49. The van der Waals surface area contributed by atoms with Gasteiger partial charge in [-0.15, -0.1) is 0 Å². The van der Waals surface area contributed by atoms with Gasteiger partial charge >= 0.3 is 6.03 Å². The maximum atomic E-state index is 13.0. The van der Waals surface area contributed by atoms with Crippen LogP contribution in [0.4, 0.5) is 21.3 Å². The van der Waals surface area contributed by atoms with Crippen molar-refractivity contribution in [1.82, 2.24) is 9.88 Å². The Labute approximate surface area is 191 Å². The number of thiazole rings is 1. The third-order valence-electron chi connectivity index (χ3n) is 6.13. The number of likely N-dealkylation sites (tertiary alicyclic amines) is 1. The molecule has 2 aliphatic rings. The van der Waals surface area contributed by atoms with Gasteiger partial charge in [0.05, 0.1) is 16.1 Å². The topological polar surface area (TPSA) is 77.6 Å².